The Morgan fingerprint density at radius 3 is 2.26 bits per heavy atom. The number of esters is 1. The highest BCUT2D eigenvalue weighted by Gasteiger charge is 2.23. The minimum Gasteiger partial charge on any atom is -0.458 e. The van der Waals surface area contributed by atoms with Gasteiger partial charge < -0.3 is 14.5 Å². The van der Waals surface area contributed by atoms with Gasteiger partial charge in [-0.3, -0.25) is 14.4 Å². The Bertz CT molecular complexity index is 428. The topological polar surface area (TPSA) is 66.9 Å². The van der Waals surface area contributed by atoms with E-state index >= 15 is 0 Å². The van der Waals surface area contributed by atoms with E-state index in [1.807, 2.05) is 0 Å². The minimum atomic E-state index is -0.360. The summed E-state index contributed by atoms with van der Waals surface area (Å²) in [5.41, 5.74) is 0. The third-order valence-corrected chi connectivity index (χ3v) is 4.01. The molecule has 1 fully saturated rings. The average Bonchev–Trinajstić information content (AvgIpc) is 2.56. The van der Waals surface area contributed by atoms with Gasteiger partial charge in [0, 0.05) is 39.5 Å². The van der Waals surface area contributed by atoms with Crippen LogP contribution in [0.1, 0.15) is 46.0 Å². The van der Waals surface area contributed by atoms with Crippen LogP contribution in [-0.4, -0.2) is 59.9 Å². The molecule has 0 aliphatic carbocycles. The second-order valence-electron chi connectivity index (χ2n) is 5.79. The van der Waals surface area contributed by atoms with E-state index in [-0.39, 0.29) is 36.7 Å². The largest absolute Gasteiger partial charge is 0.458 e. The Hall–Kier alpha value is -1.85. The first-order valence-electron chi connectivity index (χ1n) is 8.33. The number of carbonyl (C=O) groups excluding carboxylic acids is 3. The zero-order chi connectivity index (χ0) is 17.2. The number of unbranched alkanes of at least 4 members (excludes halogenated alkanes) is 1. The van der Waals surface area contributed by atoms with Crippen LogP contribution < -0.4 is 0 Å². The van der Waals surface area contributed by atoms with Crippen molar-refractivity contribution < 1.29 is 19.1 Å². The number of piperazine rings is 1. The van der Waals surface area contributed by atoms with Crippen LogP contribution in [0.4, 0.5) is 0 Å². The summed E-state index contributed by atoms with van der Waals surface area (Å²) in [7, 11) is 0. The summed E-state index contributed by atoms with van der Waals surface area (Å²) in [6, 6.07) is 0. The van der Waals surface area contributed by atoms with Crippen LogP contribution in [0.2, 0.25) is 0 Å². The van der Waals surface area contributed by atoms with Crippen LogP contribution in [0, 0.1) is 0 Å². The van der Waals surface area contributed by atoms with Crippen LogP contribution in [0.5, 0.6) is 0 Å². The van der Waals surface area contributed by atoms with Gasteiger partial charge in [0.15, 0.2) is 0 Å². The van der Waals surface area contributed by atoms with Gasteiger partial charge in [-0.2, -0.15) is 0 Å². The predicted octanol–water partition coefficient (Wildman–Crippen LogP) is 1.75. The Labute approximate surface area is 138 Å². The van der Waals surface area contributed by atoms with Crippen molar-refractivity contribution in [1.29, 1.82) is 0 Å². The molecule has 1 saturated heterocycles. The van der Waals surface area contributed by atoms with Crippen molar-refractivity contribution in [3.05, 3.63) is 12.7 Å². The lowest BCUT2D eigenvalue weighted by Crippen LogP contribution is -2.50. The fraction of sp³-hybridized carbons (Fsp3) is 0.706. The van der Waals surface area contributed by atoms with E-state index in [1.54, 1.807) is 15.9 Å². The summed E-state index contributed by atoms with van der Waals surface area (Å²) < 4.78 is 5.31. The highest BCUT2D eigenvalue weighted by atomic mass is 16.5. The quantitative estimate of drug-likeness (QED) is 0.504. The summed E-state index contributed by atoms with van der Waals surface area (Å²) in [6.45, 7) is 9.45. The molecule has 0 aromatic rings. The van der Waals surface area contributed by atoms with E-state index in [9.17, 15) is 14.4 Å². The van der Waals surface area contributed by atoms with E-state index in [0.29, 0.717) is 26.2 Å². The molecular weight excluding hydrogens is 296 g/mol. The van der Waals surface area contributed by atoms with Gasteiger partial charge in [0.1, 0.15) is 6.10 Å². The van der Waals surface area contributed by atoms with Crippen LogP contribution in [0.15, 0.2) is 12.7 Å². The minimum absolute atomic E-state index is 0.0308. The van der Waals surface area contributed by atoms with Gasteiger partial charge in [-0.05, 0) is 12.8 Å². The highest BCUT2D eigenvalue weighted by molar-refractivity contribution is 5.82. The van der Waals surface area contributed by atoms with E-state index in [4.69, 9.17) is 4.74 Å². The van der Waals surface area contributed by atoms with Crippen LogP contribution in [-0.2, 0) is 19.1 Å². The molecule has 1 aliphatic rings. The average molecular weight is 324 g/mol. The van der Waals surface area contributed by atoms with Gasteiger partial charge in [0.25, 0.3) is 0 Å². The molecule has 0 bridgehead atoms. The molecule has 0 N–H and O–H groups in total. The van der Waals surface area contributed by atoms with Crippen molar-refractivity contribution in [2.75, 3.05) is 26.2 Å². The first-order chi connectivity index (χ1) is 11.0. The van der Waals surface area contributed by atoms with Crippen LogP contribution >= 0.6 is 0 Å². The van der Waals surface area contributed by atoms with Crippen LogP contribution in [0.3, 0.4) is 0 Å². The Morgan fingerprint density at radius 1 is 1.13 bits per heavy atom. The Balaban J connectivity index is 2.28. The smallest absolute Gasteiger partial charge is 0.306 e. The summed E-state index contributed by atoms with van der Waals surface area (Å²) in [5, 5.41) is 0. The monoisotopic (exact) mass is 324 g/mol. The van der Waals surface area contributed by atoms with E-state index in [0.717, 1.165) is 19.3 Å². The second-order valence-corrected chi connectivity index (χ2v) is 5.79. The fourth-order valence-electron chi connectivity index (χ4n) is 2.50. The molecule has 1 unspecified atom stereocenters. The number of nitrogens with zero attached hydrogens (tertiary/aromatic N) is 2. The summed E-state index contributed by atoms with van der Waals surface area (Å²) in [6.07, 6.45) is 4.38. The third-order valence-electron chi connectivity index (χ3n) is 4.01. The number of rotatable bonds is 8. The molecule has 1 atom stereocenters. The molecular formula is C17H28N2O4. The lowest BCUT2D eigenvalue weighted by atomic mass is 10.1. The molecule has 1 aliphatic heterocycles. The number of carbonyl (C=O) groups is 3. The van der Waals surface area contributed by atoms with Gasteiger partial charge in [0.05, 0.1) is 6.42 Å². The first-order valence-corrected chi connectivity index (χ1v) is 8.33. The highest BCUT2D eigenvalue weighted by Crippen LogP contribution is 2.10. The van der Waals surface area contributed by atoms with Crippen LogP contribution in [0.25, 0.3) is 0 Å². The second kappa shape index (κ2) is 10.0. The van der Waals surface area contributed by atoms with E-state index in [1.165, 1.54) is 6.92 Å². The zero-order valence-corrected chi connectivity index (χ0v) is 14.3. The molecule has 0 aromatic heterocycles. The molecule has 0 aromatic carbocycles. The molecule has 130 valence electrons. The number of hydrogen-bond donors (Lipinski definition) is 0. The van der Waals surface area contributed by atoms with Gasteiger partial charge in [0.2, 0.25) is 11.8 Å². The predicted molar refractivity (Wildman–Crippen MR) is 87.7 cm³/mol. The normalized spacial score (nSPS) is 15.9. The zero-order valence-electron chi connectivity index (χ0n) is 14.3. The molecule has 6 nitrogen and oxygen atoms in total. The summed E-state index contributed by atoms with van der Waals surface area (Å²) in [5.74, 6) is -0.390. The maximum Gasteiger partial charge on any atom is 0.306 e. The molecule has 0 spiro atoms. The number of ether oxygens (including phenoxy) is 1. The third kappa shape index (κ3) is 6.84. The van der Waals surface area contributed by atoms with Crippen molar-refractivity contribution in [2.45, 2.75) is 52.1 Å². The van der Waals surface area contributed by atoms with Crippen molar-refractivity contribution in [2.24, 2.45) is 0 Å². The Kier molecular flexibility index (Phi) is 8.37. The lowest BCUT2D eigenvalue weighted by Gasteiger charge is -2.34. The first kappa shape index (κ1) is 19.2. The molecule has 2 amide bonds. The summed E-state index contributed by atoms with van der Waals surface area (Å²) in [4.78, 5) is 38.6. The number of amides is 2. The van der Waals surface area contributed by atoms with Crippen molar-refractivity contribution in [1.82, 2.24) is 9.80 Å². The molecule has 1 rings (SSSR count). The van der Waals surface area contributed by atoms with Gasteiger partial charge in [-0.1, -0.05) is 26.0 Å². The van der Waals surface area contributed by atoms with E-state index in [2.05, 4.69) is 13.5 Å². The fourth-order valence-corrected chi connectivity index (χ4v) is 2.50. The maximum absolute atomic E-state index is 12.1. The van der Waals surface area contributed by atoms with Gasteiger partial charge in [-0.15, -0.1) is 0 Å². The standard InChI is InChI=1S/C17H28N2O4/c1-4-6-7-15(5-2)23-17(22)9-8-16(21)19-12-10-18(11-13-19)14(3)20/h5,15H,2,4,6-13H2,1,3H3. The maximum atomic E-state index is 12.1. The number of hydrogen-bond acceptors (Lipinski definition) is 4. The van der Waals surface area contributed by atoms with E-state index < -0.39 is 0 Å². The SMILES string of the molecule is C=CC(CCCC)OC(=O)CCC(=O)N1CCN(C(C)=O)CC1. The molecule has 6 heteroatoms. The molecule has 1 heterocycles. The lowest BCUT2D eigenvalue weighted by molar-refractivity contribution is -0.149. The Morgan fingerprint density at radius 2 is 1.74 bits per heavy atom. The molecule has 0 radical (unpaired) electrons. The van der Waals surface area contributed by atoms with Gasteiger partial charge >= 0.3 is 5.97 Å². The molecule has 23 heavy (non-hydrogen) atoms. The van der Waals surface area contributed by atoms with Crippen molar-refractivity contribution in [3.8, 4) is 0 Å². The summed E-state index contributed by atoms with van der Waals surface area (Å²) >= 11 is 0. The van der Waals surface area contributed by atoms with Crippen molar-refractivity contribution >= 4 is 17.8 Å². The van der Waals surface area contributed by atoms with Gasteiger partial charge in [-0.25, -0.2) is 0 Å². The molecule has 0 saturated carbocycles. The van der Waals surface area contributed by atoms with Crippen molar-refractivity contribution in [3.63, 3.8) is 0 Å².